The lowest BCUT2D eigenvalue weighted by Gasteiger charge is -2.27. The van der Waals surface area contributed by atoms with Crippen molar-refractivity contribution in [2.24, 2.45) is 0 Å². The van der Waals surface area contributed by atoms with Crippen LogP contribution in [0.4, 0.5) is 0 Å². The lowest BCUT2D eigenvalue weighted by Crippen LogP contribution is -2.53. The number of amides is 1. The second kappa shape index (κ2) is 44.6. The maximum Gasteiger partial charge on any atom is 0.249 e. The molecule has 0 radical (unpaired) electrons. The Balaban J connectivity index is 3.75. The van der Waals surface area contributed by atoms with Gasteiger partial charge in [0.25, 0.3) is 0 Å². The Hall–Kier alpha value is -1.47. The first-order chi connectivity index (χ1) is 27.5. The molecular weight excluding hydrogens is 695 g/mol. The predicted molar refractivity (Wildman–Crippen MR) is 242 cm³/mol. The second-order valence-corrected chi connectivity index (χ2v) is 16.8. The number of aliphatic hydroxyl groups excluding tert-OH is 4. The number of allylic oxidation sites excluding steroid dienone is 6. The van der Waals surface area contributed by atoms with Crippen molar-refractivity contribution in [3.05, 3.63) is 36.5 Å². The Morgan fingerprint density at radius 2 is 0.750 bits per heavy atom. The van der Waals surface area contributed by atoms with Crippen LogP contribution >= 0.6 is 0 Å². The van der Waals surface area contributed by atoms with Crippen molar-refractivity contribution in [1.29, 1.82) is 0 Å². The smallest absolute Gasteiger partial charge is 0.249 e. The van der Waals surface area contributed by atoms with E-state index >= 15 is 0 Å². The molecule has 5 N–H and O–H groups in total. The minimum atomic E-state index is -1.29. The maximum atomic E-state index is 12.5. The maximum absolute atomic E-state index is 12.5. The Morgan fingerprint density at radius 3 is 1.12 bits per heavy atom. The van der Waals surface area contributed by atoms with E-state index in [0.29, 0.717) is 19.3 Å². The van der Waals surface area contributed by atoms with E-state index in [-0.39, 0.29) is 0 Å². The van der Waals surface area contributed by atoms with Crippen LogP contribution < -0.4 is 5.32 Å². The summed E-state index contributed by atoms with van der Waals surface area (Å²) in [5.41, 5.74) is 0. The van der Waals surface area contributed by atoms with E-state index in [1.165, 1.54) is 161 Å². The lowest BCUT2D eigenvalue weighted by molar-refractivity contribution is -0.132. The zero-order valence-electron chi connectivity index (χ0n) is 37.1. The molecule has 56 heavy (non-hydrogen) atoms. The SMILES string of the molecule is CCCCCCCC/C=C/CC/C=C/CC/C=C/CCCC(O)C(O)C(CO)NC(=O)C(O)CCCCCCCCCCCCCCCCCCCCCCC. The molecular formula is C50H95NO5. The van der Waals surface area contributed by atoms with Gasteiger partial charge in [0.05, 0.1) is 18.8 Å². The van der Waals surface area contributed by atoms with Crippen LogP contribution in [0.3, 0.4) is 0 Å². The van der Waals surface area contributed by atoms with Crippen molar-refractivity contribution in [3.8, 4) is 0 Å². The molecule has 0 bridgehead atoms. The number of nitrogens with one attached hydrogen (secondary N) is 1. The molecule has 0 aromatic rings. The summed E-state index contributed by atoms with van der Waals surface area (Å²) in [4.78, 5) is 12.5. The largest absolute Gasteiger partial charge is 0.394 e. The summed E-state index contributed by atoms with van der Waals surface area (Å²) in [6.07, 6.45) is 53.3. The molecule has 1 amide bonds. The summed E-state index contributed by atoms with van der Waals surface area (Å²) in [5.74, 6) is -0.597. The minimum Gasteiger partial charge on any atom is -0.394 e. The highest BCUT2D eigenvalue weighted by Gasteiger charge is 2.28. The van der Waals surface area contributed by atoms with Crippen LogP contribution in [0.1, 0.15) is 245 Å². The monoisotopic (exact) mass is 790 g/mol. The molecule has 0 fully saturated rings. The van der Waals surface area contributed by atoms with Crippen LogP contribution in [0.25, 0.3) is 0 Å². The fourth-order valence-electron chi connectivity index (χ4n) is 7.44. The summed E-state index contributed by atoms with van der Waals surface area (Å²) >= 11 is 0. The van der Waals surface area contributed by atoms with Gasteiger partial charge in [0, 0.05) is 0 Å². The number of unbranched alkanes of at least 4 members (excludes halogenated alkanes) is 29. The van der Waals surface area contributed by atoms with Gasteiger partial charge in [0.1, 0.15) is 12.2 Å². The van der Waals surface area contributed by atoms with Gasteiger partial charge in [0.2, 0.25) is 5.91 Å². The van der Waals surface area contributed by atoms with Gasteiger partial charge in [-0.2, -0.15) is 0 Å². The molecule has 0 rings (SSSR count). The quantitative estimate of drug-likeness (QED) is 0.0312. The molecule has 0 saturated heterocycles. The van der Waals surface area contributed by atoms with Crippen molar-refractivity contribution in [1.82, 2.24) is 5.32 Å². The third-order valence-electron chi connectivity index (χ3n) is 11.3. The van der Waals surface area contributed by atoms with E-state index in [2.05, 4.69) is 55.6 Å². The molecule has 330 valence electrons. The topological polar surface area (TPSA) is 110 Å². The van der Waals surface area contributed by atoms with Gasteiger partial charge in [-0.25, -0.2) is 0 Å². The lowest BCUT2D eigenvalue weighted by atomic mass is 10.00. The second-order valence-electron chi connectivity index (χ2n) is 16.8. The molecule has 4 atom stereocenters. The van der Waals surface area contributed by atoms with Crippen LogP contribution in [0.2, 0.25) is 0 Å². The molecule has 0 aromatic carbocycles. The average molecular weight is 790 g/mol. The van der Waals surface area contributed by atoms with Gasteiger partial charge in [0.15, 0.2) is 0 Å². The zero-order chi connectivity index (χ0) is 41.0. The molecule has 0 aliphatic heterocycles. The summed E-state index contributed by atoms with van der Waals surface area (Å²) in [7, 11) is 0. The molecule has 6 nitrogen and oxygen atoms in total. The van der Waals surface area contributed by atoms with E-state index in [1.54, 1.807) is 0 Å². The van der Waals surface area contributed by atoms with Gasteiger partial charge < -0.3 is 25.7 Å². The molecule has 6 heteroatoms. The first kappa shape index (κ1) is 54.5. The summed E-state index contributed by atoms with van der Waals surface area (Å²) in [6, 6.07) is -1.01. The standard InChI is InChI=1S/C50H95NO5/c1-3-5-7-9-11-13-15-17-19-21-23-24-26-28-30-32-34-36-38-40-42-44-48(54)50(56)51-46(45-52)49(55)47(53)43-41-39-37-35-33-31-29-27-25-22-20-18-16-14-12-10-8-6-4-2/h18,20,27,29,35,37,46-49,52-55H,3-17,19,21-26,28,30-34,36,38-45H2,1-2H3,(H,51,56)/b20-18+,29-27+,37-35+. The van der Waals surface area contributed by atoms with Gasteiger partial charge in [-0.15, -0.1) is 0 Å². The van der Waals surface area contributed by atoms with Crippen molar-refractivity contribution in [2.75, 3.05) is 6.61 Å². The molecule has 4 unspecified atom stereocenters. The number of carbonyl (C=O) groups excluding carboxylic acids is 1. The van der Waals surface area contributed by atoms with Crippen LogP contribution in [0, 0.1) is 0 Å². The minimum absolute atomic E-state index is 0.362. The van der Waals surface area contributed by atoms with E-state index in [4.69, 9.17) is 0 Å². The molecule has 0 spiro atoms. The normalized spacial score (nSPS) is 14.3. The summed E-state index contributed by atoms with van der Waals surface area (Å²) < 4.78 is 0. The van der Waals surface area contributed by atoms with Crippen molar-refractivity contribution in [2.45, 2.75) is 269 Å². The van der Waals surface area contributed by atoms with Crippen LogP contribution in [0.5, 0.6) is 0 Å². The Bertz CT molecular complexity index is 889. The van der Waals surface area contributed by atoms with Crippen molar-refractivity contribution < 1.29 is 25.2 Å². The number of aliphatic hydroxyl groups is 4. The van der Waals surface area contributed by atoms with Gasteiger partial charge in [-0.05, 0) is 64.2 Å². The Morgan fingerprint density at radius 1 is 0.429 bits per heavy atom. The van der Waals surface area contributed by atoms with E-state index < -0.39 is 36.9 Å². The van der Waals surface area contributed by atoms with E-state index in [9.17, 15) is 25.2 Å². The fraction of sp³-hybridized carbons (Fsp3) is 0.860. The molecule has 0 saturated carbocycles. The Labute approximate surface area is 347 Å². The highest BCUT2D eigenvalue weighted by molar-refractivity contribution is 5.80. The number of rotatable bonds is 44. The van der Waals surface area contributed by atoms with Gasteiger partial charge >= 0.3 is 0 Å². The highest BCUT2D eigenvalue weighted by atomic mass is 16.3. The van der Waals surface area contributed by atoms with E-state index in [1.807, 2.05) is 0 Å². The molecule has 0 aromatic heterocycles. The fourth-order valence-corrected chi connectivity index (χ4v) is 7.44. The highest BCUT2D eigenvalue weighted by Crippen LogP contribution is 2.16. The van der Waals surface area contributed by atoms with E-state index in [0.717, 1.165) is 51.4 Å². The van der Waals surface area contributed by atoms with Gasteiger partial charge in [-0.3, -0.25) is 4.79 Å². The number of carbonyl (C=O) groups is 1. The number of hydrogen-bond donors (Lipinski definition) is 5. The predicted octanol–water partition coefficient (Wildman–Crippen LogP) is 13.3. The van der Waals surface area contributed by atoms with Crippen LogP contribution in [-0.4, -0.2) is 57.3 Å². The van der Waals surface area contributed by atoms with Crippen molar-refractivity contribution >= 4 is 5.91 Å². The third-order valence-corrected chi connectivity index (χ3v) is 11.3. The van der Waals surface area contributed by atoms with Crippen LogP contribution in [0.15, 0.2) is 36.5 Å². The molecule has 0 aliphatic carbocycles. The Kier molecular flexibility index (Phi) is 43.5. The average Bonchev–Trinajstić information content (AvgIpc) is 3.20. The van der Waals surface area contributed by atoms with Crippen molar-refractivity contribution in [3.63, 3.8) is 0 Å². The zero-order valence-corrected chi connectivity index (χ0v) is 37.1. The molecule has 0 aliphatic rings. The van der Waals surface area contributed by atoms with Gasteiger partial charge in [-0.1, -0.05) is 217 Å². The summed E-state index contributed by atoms with van der Waals surface area (Å²) in [6.45, 7) is 4.04. The summed E-state index contributed by atoms with van der Waals surface area (Å²) in [5, 5.41) is 43.8. The first-order valence-electron chi connectivity index (χ1n) is 24.4. The number of hydrogen-bond acceptors (Lipinski definition) is 5. The first-order valence-corrected chi connectivity index (χ1v) is 24.4. The molecule has 0 heterocycles. The third kappa shape index (κ3) is 38.1. The van der Waals surface area contributed by atoms with Crippen LogP contribution in [-0.2, 0) is 4.79 Å².